The molecular weight excluding hydrogens is 602 g/mol. The average Bonchev–Trinajstić information content (AvgIpc) is 3.51. The van der Waals surface area contributed by atoms with E-state index in [9.17, 15) is 27.6 Å². The Morgan fingerprint density at radius 1 is 1.07 bits per heavy atom. The zero-order valence-corrected chi connectivity index (χ0v) is 24.9. The van der Waals surface area contributed by atoms with Crippen LogP contribution in [0.2, 0.25) is 5.02 Å². The Bertz CT molecular complexity index is 1670. The lowest BCUT2D eigenvalue weighted by molar-refractivity contribution is -0.143. The third-order valence-electron chi connectivity index (χ3n) is 5.81. The number of amides is 2. The van der Waals surface area contributed by atoms with Crippen molar-refractivity contribution in [1.82, 2.24) is 4.57 Å². The number of esters is 2. The summed E-state index contributed by atoms with van der Waals surface area (Å²) in [5.74, 6) is -5.03. The molecule has 0 aliphatic heterocycles. The predicted octanol–water partition coefficient (Wildman–Crippen LogP) is 3.13. The second-order valence-electron chi connectivity index (χ2n) is 8.76. The highest BCUT2D eigenvalue weighted by molar-refractivity contribution is 7.92. The number of ether oxygens (including phenoxy) is 2. The maximum absolute atomic E-state index is 12.7. The van der Waals surface area contributed by atoms with Gasteiger partial charge in [0.25, 0.3) is 5.91 Å². The molecule has 1 aromatic carbocycles. The Labute approximate surface area is 242 Å². The molecule has 0 saturated heterocycles. The lowest BCUT2D eigenvalue weighted by Gasteiger charge is -2.08. The number of carbonyl (C=O) groups excluding carboxylic acids is 4. The van der Waals surface area contributed by atoms with Crippen molar-refractivity contribution in [3.05, 3.63) is 44.0 Å². The molecule has 40 heavy (non-hydrogen) atoms. The fourth-order valence-electron chi connectivity index (χ4n) is 4.27. The summed E-state index contributed by atoms with van der Waals surface area (Å²) >= 11 is 8.34. The Hall–Kier alpha value is -3.07. The molecule has 0 saturated carbocycles. The normalized spacial score (nSPS) is 13.3. The highest BCUT2D eigenvalue weighted by atomic mass is 35.5. The van der Waals surface area contributed by atoms with Gasteiger partial charge < -0.3 is 19.4 Å². The van der Waals surface area contributed by atoms with Crippen LogP contribution in [0.15, 0.2) is 23.2 Å². The van der Waals surface area contributed by atoms with Crippen LogP contribution in [0.25, 0.3) is 10.2 Å². The maximum Gasteiger partial charge on any atom is 0.341 e. The number of nitrogens with zero attached hydrogens (tertiary/aromatic N) is 2. The number of aromatic nitrogens is 1. The summed E-state index contributed by atoms with van der Waals surface area (Å²) in [4.78, 5) is 55.0. The second kappa shape index (κ2) is 12.6. The first-order valence-electron chi connectivity index (χ1n) is 12.3. The van der Waals surface area contributed by atoms with Crippen LogP contribution < -0.4 is 10.1 Å². The number of anilines is 1. The van der Waals surface area contributed by atoms with Crippen molar-refractivity contribution < 1.29 is 37.1 Å². The van der Waals surface area contributed by atoms with Gasteiger partial charge in [0.1, 0.15) is 23.1 Å². The van der Waals surface area contributed by atoms with Crippen molar-refractivity contribution in [3.63, 3.8) is 0 Å². The summed E-state index contributed by atoms with van der Waals surface area (Å²) < 4.78 is 37.7. The summed E-state index contributed by atoms with van der Waals surface area (Å²) in [7, 11) is -4.22. The molecule has 4 rings (SSSR count). The first-order valence-corrected chi connectivity index (χ1v) is 16.2. The molecule has 1 aliphatic rings. The smallest absolute Gasteiger partial charge is 0.341 e. The van der Waals surface area contributed by atoms with E-state index in [-0.39, 0.29) is 35.1 Å². The van der Waals surface area contributed by atoms with Gasteiger partial charge in [-0.1, -0.05) is 22.9 Å². The number of thiazole rings is 1. The fraction of sp³-hybridized carbons (Fsp3) is 0.400. The molecule has 0 unspecified atom stereocenters. The molecule has 2 heterocycles. The van der Waals surface area contributed by atoms with E-state index in [1.165, 1.54) is 15.9 Å². The van der Waals surface area contributed by atoms with Crippen LogP contribution in [0.1, 0.15) is 41.1 Å². The van der Waals surface area contributed by atoms with E-state index in [0.717, 1.165) is 34.6 Å². The number of benzene rings is 1. The van der Waals surface area contributed by atoms with E-state index < -0.39 is 45.1 Å². The van der Waals surface area contributed by atoms with Crippen molar-refractivity contribution in [2.45, 2.75) is 39.7 Å². The van der Waals surface area contributed by atoms with Gasteiger partial charge >= 0.3 is 11.9 Å². The minimum Gasteiger partial charge on any atom is -0.465 e. The van der Waals surface area contributed by atoms with Crippen LogP contribution in [-0.4, -0.2) is 61.5 Å². The van der Waals surface area contributed by atoms with Gasteiger partial charge in [0.15, 0.2) is 14.6 Å². The molecule has 1 N–H and O–H groups in total. The zero-order chi connectivity index (χ0) is 29.0. The molecular formula is C25H26ClN3O8S3. The Morgan fingerprint density at radius 3 is 2.55 bits per heavy atom. The van der Waals surface area contributed by atoms with Gasteiger partial charge in [0.05, 0.1) is 29.0 Å². The number of halogens is 1. The Morgan fingerprint density at radius 2 is 1.82 bits per heavy atom. The fourth-order valence-corrected chi connectivity index (χ4v) is 7.90. The van der Waals surface area contributed by atoms with Crippen molar-refractivity contribution in [2.75, 3.05) is 30.0 Å². The van der Waals surface area contributed by atoms with Crippen LogP contribution in [-0.2, 0) is 53.1 Å². The summed E-state index contributed by atoms with van der Waals surface area (Å²) in [6, 6.07) is 4.91. The van der Waals surface area contributed by atoms with Gasteiger partial charge in [-0.15, -0.1) is 11.3 Å². The van der Waals surface area contributed by atoms with E-state index in [1.807, 2.05) is 0 Å². The van der Waals surface area contributed by atoms with Crippen LogP contribution in [0.3, 0.4) is 0 Å². The van der Waals surface area contributed by atoms with Gasteiger partial charge in [0.2, 0.25) is 5.91 Å². The molecule has 0 bridgehead atoms. The van der Waals surface area contributed by atoms with Gasteiger partial charge in [-0.2, -0.15) is 4.99 Å². The summed E-state index contributed by atoms with van der Waals surface area (Å²) in [6.07, 6.45) is 2.31. The monoisotopic (exact) mass is 627 g/mol. The molecule has 0 atom stereocenters. The molecule has 0 fully saturated rings. The SMILES string of the molecule is CCOC(=O)Cn1c(=NC(=O)CS(=O)(=O)CC(=O)Nc2sc3c(c2C(=O)OCC)CCC3)sc2cc(Cl)ccc21. The van der Waals surface area contributed by atoms with Crippen LogP contribution in [0.5, 0.6) is 0 Å². The van der Waals surface area contributed by atoms with Crippen LogP contribution in [0, 0.1) is 0 Å². The topological polar surface area (TPSA) is 150 Å². The Kier molecular flexibility index (Phi) is 9.44. The molecule has 0 spiro atoms. The molecule has 11 nitrogen and oxygen atoms in total. The molecule has 214 valence electrons. The van der Waals surface area contributed by atoms with E-state index in [1.54, 1.807) is 32.0 Å². The number of nitrogens with one attached hydrogen (secondary N) is 1. The lowest BCUT2D eigenvalue weighted by Crippen LogP contribution is -2.29. The number of thiophene rings is 1. The number of aryl methyl sites for hydroxylation is 1. The Balaban J connectivity index is 1.51. The van der Waals surface area contributed by atoms with E-state index in [2.05, 4.69) is 10.3 Å². The standard InChI is InChI=1S/C25H26ClN3O8S3/c1-3-36-21(32)11-29-16-9-8-14(26)10-18(16)39-25(29)28-20(31)13-40(34,35)12-19(30)27-23-22(24(33)37-4-2)15-6-5-7-17(15)38-23/h8-10H,3-7,11-13H2,1-2H3,(H,27,30). The largest absolute Gasteiger partial charge is 0.465 e. The molecule has 0 radical (unpaired) electrons. The highest BCUT2D eigenvalue weighted by Crippen LogP contribution is 2.39. The van der Waals surface area contributed by atoms with Gasteiger partial charge in [-0.05, 0) is 56.9 Å². The predicted molar refractivity (Wildman–Crippen MR) is 152 cm³/mol. The van der Waals surface area contributed by atoms with E-state index in [4.69, 9.17) is 21.1 Å². The molecule has 15 heteroatoms. The zero-order valence-electron chi connectivity index (χ0n) is 21.7. The number of hydrogen-bond donors (Lipinski definition) is 1. The van der Waals surface area contributed by atoms with Gasteiger partial charge in [0, 0.05) is 9.90 Å². The van der Waals surface area contributed by atoms with Crippen molar-refractivity contribution in [3.8, 4) is 0 Å². The molecule has 3 aromatic rings. The van der Waals surface area contributed by atoms with Crippen LogP contribution in [0.4, 0.5) is 5.00 Å². The maximum atomic E-state index is 12.7. The summed E-state index contributed by atoms with van der Waals surface area (Å²) in [5.41, 5.74) is 1.64. The third kappa shape index (κ3) is 6.97. The number of fused-ring (bicyclic) bond motifs is 2. The quantitative estimate of drug-likeness (QED) is 0.337. The minimum atomic E-state index is -4.22. The average molecular weight is 628 g/mol. The van der Waals surface area contributed by atoms with Crippen molar-refractivity contribution in [2.24, 2.45) is 4.99 Å². The van der Waals surface area contributed by atoms with Crippen LogP contribution >= 0.6 is 34.3 Å². The number of sulfone groups is 1. The first kappa shape index (κ1) is 29.9. The number of carbonyl (C=O) groups is 4. The molecule has 2 aromatic heterocycles. The van der Waals surface area contributed by atoms with Crippen molar-refractivity contribution in [1.29, 1.82) is 0 Å². The third-order valence-corrected chi connectivity index (χ3v) is 9.68. The summed E-state index contributed by atoms with van der Waals surface area (Å²) in [6.45, 7) is 3.40. The summed E-state index contributed by atoms with van der Waals surface area (Å²) in [5, 5.41) is 3.19. The van der Waals surface area contributed by atoms with Gasteiger partial charge in [-0.25, -0.2) is 13.2 Å². The number of rotatable bonds is 10. The molecule has 1 aliphatic carbocycles. The van der Waals surface area contributed by atoms with Crippen molar-refractivity contribution >= 4 is 83.1 Å². The second-order valence-corrected chi connectivity index (χ2v) is 13.4. The minimum absolute atomic E-state index is 0.0853. The van der Waals surface area contributed by atoms with E-state index in [0.29, 0.717) is 21.7 Å². The first-order chi connectivity index (χ1) is 19.0. The van der Waals surface area contributed by atoms with E-state index >= 15 is 0 Å². The molecule has 2 amide bonds. The number of hydrogen-bond acceptors (Lipinski definition) is 10. The highest BCUT2D eigenvalue weighted by Gasteiger charge is 2.29. The lowest BCUT2D eigenvalue weighted by atomic mass is 10.1. The van der Waals surface area contributed by atoms with Gasteiger partial charge in [-0.3, -0.25) is 14.4 Å².